The first-order valence-corrected chi connectivity index (χ1v) is 9.23. The lowest BCUT2D eigenvalue weighted by Gasteiger charge is -2.29. The van der Waals surface area contributed by atoms with Crippen molar-refractivity contribution in [2.75, 3.05) is 0 Å². The Bertz CT molecular complexity index is 801. The molecule has 2 heterocycles. The molecule has 1 aliphatic rings. The number of aromatic nitrogens is 1. The van der Waals surface area contributed by atoms with Crippen molar-refractivity contribution in [3.05, 3.63) is 51.7 Å². The van der Waals surface area contributed by atoms with Crippen LogP contribution in [0.4, 0.5) is 0 Å². The summed E-state index contributed by atoms with van der Waals surface area (Å²) in [6.07, 6.45) is 4.40. The van der Waals surface area contributed by atoms with Gasteiger partial charge in [-0.1, -0.05) is 18.9 Å². The van der Waals surface area contributed by atoms with E-state index in [1.807, 2.05) is 23.7 Å². The number of carbonyl (C=O) groups excluding carboxylic acids is 1. The van der Waals surface area contributed by atoms with Gasteiger partial charge < -0.3 is 5.32 Å². The highest BCUT2D eigenvalue weighted by atomic mass is 32.1. The third kappa shape index (κ3) is 2.34. The minimum Gasteiger partial charge on any atom is -0.342 e. The molecule has 1 aliphatic carbocycles. The van der Waals surface area contributed by atoms with Gasteiger partial charge >= 0.3 is 0 Å². The quantitative estimate of drug-likeness (QED) is 0.766. The highest BCUT2D eigenvalue weighted by Gasteiger charge is 2.38. The molecule has 0 atom stereocenters. The Kier molecular flexibility index (Phi) is 3.47. The highest BCUT2D eigenvalue weighted by Crippen LogP contribution is 2.41. The van der Waals surface area contributed by atoms with Gasteiger partial charge in [-0.15, -0.1) is 22.7 Å². The fraction of sp³-hybridized carbons (Fsp3) is 0.294. The second kappa shape index (κ2) is 5.48. The van der Waals surface area contributed by atoms with Crippen LogP contribution < -0.4 is 5.32 Å². The first-order valence-electron chi connectivity index (χ1n) is 7.47. The van der Waals surface area contributed by atoms with Crippen LogP contribution in [0.25, 0.3) is 10.2 Å². The predicted octanol–water partition coefficient (Wildman–Crippen LogP) is 4.56. The average molecular weight is 328 g/mol. The first-order chi connectivity index (χ1) is 10.8. The smallest absolute Gasteiger partial charge is 0.252 e. The molecule has 22 heavy (non-hydrogen) atoms. The summed E-state index contributed by atoms with van der Waals surface area (Å²) in [6.45, 7) is 0. The maximum Gasteiger partial charge on any atom is 0.252 e. The number of benzene rings is 1. The third-order valence-electron chi connectivity index (χ3n) is 4.40. The molecular formula is C17H16N2OS2. The minimum atomic E-state index is -0.173. The van der Waals surface area contributed by atoms with E-state index in [1.54, 1.807) is 22.7 Å². The van der Waals surface area contributed by atoms with Crippen molar-refractivity contribution in [3.63, 3.8) is 0 Å². The van der Waals surface area contributed by atoms with E-state index in [1.165, 1.54) is 17.7 Å². The van der Waals surface area contributed by atoms with Crippen LogP contribution >= 0.6 is 22.7 Å². The summed E-state index contributed by atoms with van der Waals surface area (Å²) in [6, 6.07) is 9.94. The molecule has 0 saturated heterocycles. The molecule has 1 fully saturated rings. The Morgan fingerprint density at radius 2 is 2.05 bits per heavy atom. The molecule has 1 saturated carbocycles. The van der Waals surface area contributed by atoms with Crippen molar-refractivity contribution in [2.45, 2.75) is 31.2 Å². The average Bonchev–Trinajstić information content (AvgIpc) is 3.27. The van der Waals surface area contributed by atoms with Crippen LogP contribution in [0, 0.1) is 0 Å². The Balaban J connectivity index is 1.64. The second-order valence-corrected chi connectivity index (χ2v) is 7.59. The van der Waals surface area contributed by atoms with Gasteiger partial charge in [0.25, 0.3) is 5.91 Å². The van der Waals surface area contributed by atoms with Gasteiger partial charge in [0, 0.05) is 10.4 Å². The second-order valence-electron chi connectivity index (χ2n) is 5.76. The van der Waals surface area contributed by atoms with E-state index >= 15 is 0 Å². The first kappa shape index (κ1) is 13.9. The van der Waals surface area contributed by atoms with Gasteiger partial charge in [0.05, 0.1) is 21.3 Å². The molecule has 0 spiro atoms. The molecule has 112 valence electrons. The van der Waals surface area contributed by atoms with Crippen LogP contribution in [0.3, 0.4) is 0 Å². The van der Waals surface area contributed by atoms with Crippen LogP contribution in [0.2, 0.25) is 0 Å². The van der Waals surface area contributed by atoms with E-state index < -0.39 is 0 Å². The molecule has 2 aromatic heterocycles. The van der Waals surface area contributed by atoms with E-state index in [4.69, 9.17) is 0 Å². The fourth-order valence-corrected chi connectivity index (χ4v) is 4.91. The summed E-state index contributed by atoms with van der Waals surface area (Å²) in [4.78, 5) is 18.3. The van der Waals surface area contributed by atoms with Crippen molar-refractivity contribution in [3.8, 4) is 0 Å². The van der Waals surface area contributed by atoms with Crippen molar-refractivity contribution >= 4 is 38.8 Å². The number of rotatable bonds is 3. The number of fused-ring (bicyclic) bond motifs is 1. The third-order valence-corrected chi connectivity index (χ3v) is 6.26. The molecule has 1 aromatic carbocycles. The molecule has 1 amide bonds. The van der Waals surface area contributed by atoms with Crippen LogP contribution in [-0.4, -0.2) is 10.9 Å². The van der Waals surface area contributed by atoms with Gasteiger partial charge in [-0.25, -0.2) is 4.98 Å². The zero-order valence-electron chi connectivity index (χ0n) is 12.0. The number of amides is 1. The maximum absolute atomic E-state index is 12.7. The molecule has 5 heteroatoms. The van der Waals surface area contributed by atoms with Crippen molar-refractivity contribution in [1.29, 1.82) is 0 Å². The zero-order valence-corrected chi connectivity index (χ0v) is 13.7. The SMILES string of the molecule is O=C(NC1(c2cccs2)CCCC1)c1ccc2ncsc2c1. The van der Waals surface area contributed by atoms with Gasteiger partial charge in [0.1, 0.15) is 0 Å². The Morgan fingerprint density at radius 3 is 2.82 bits per heavy atom. The molecule has 4 rings (SSSR count). The van der Waals surface area contributed by atoms with Crippen molar-refractivity contribution < 1.29 is 4.79 Å². The lowest BCUT2D eigenvalue weighted by atomic mass is 9.94. The molecular weight excluding hydrogens is 312 g/mol. The molecule has 3 nitrogen and oxygen atoms in total. The minimum absolute atomic E-state index is 0.0191. The van der Waals surface area contributed by atoms with Gasteiger partial charge in [-0.05, 0) is 42.5 Å². The summed E-state index contributed by atoms with van der Waals surface area (Å²) < 4.78 is 1.06. The largest absolute Gasteiger partial charge is 0.342 e. The summed E-state index contributed by atoms with van der Waals surface area (Å²) in [5, 5.41) is 5.41. The predicted molar refractivity (Wildman–Crippen MR) is 91.6 cm³/mol. The van der Waals surface area contributed by atoms with E-state index in [-0.39, 0.29) is 11.4 Å². The fourth-order valence-electron chi connectivity index (χ4n) is 3.25. The molecule has 0 aliphatic heterocycles. The van der Waals surface area contributed by atoms with E-state index in [0.29, 0.717) is 0 Å². The Labute approximate surface area is 137 Å². The zero-order chi connectivity index (χ0) is 15.0. The normalized spacial score (nSPS) is 16.9. The van der Waals surface area contributed by atoms with E-state index in [9.17, 15) is 4.79 Å². The summed E-state index contributed by atoms with van der Waals surface area (Å²) >= 11 is 3.31. The number of nitrogens with zero attached hydrogens (tertiary/aromatic N) is 1. The molecule has 3 aromatic rings. The Hall–Kier alpha value is -1.72. The number of thiazole rings is 1. The summed E-state index contributed by atoms with van der Waals surface area (Å²) in [5.41, 5.74) is 3.32. The van der Waals surface area contributed by atoms with Crippen molar-refractivity contribution in [2.24, 2.45) is 0 Å². The number of hydrogen-bond acceptors (Lipinski definition) is 4. The lowest BCUT2D eigenvalue weighted by Crippen LogP contribution is -2.43. The Morgan fingerprint density at radius 1 is 1.18 bits per heavy atom. The lowest BCUT2D eigenvalue weighted by molar-refractivity contribution is 0.0900. The van der Waals surface area contributed by atoms with Gasteiger partial charge in [0.15, 0.2) is 0 Å². The van der Waals surface area contributed by atoms with Crippen LogP contribution in [0.15, 0.2) is 41.2 Å². The van der Waals surface area contributed by atoms with E-state index in [0.717, 1.165) is 28.6 Å². The number of carbonyl (C=O) groups is 1. The van der Waals surface area contributed by atoms with Crippen LogP contribution in [0.1, 0.15) is 40.9 Å². The summed E-state index contributed by atoms with van der Waals surface area (Å²) in [5.74, 6) is 0.0191. The molecule has 1 N–H and O–H groups in total. The molecule has 0 radical (unpaired) electrons. The number of nitrogens with one attached hydrogen (secondary N) is 1. The number of hydrogen-bond donors (Lipinski definition) is 1. The van der Waals surface area contributed by atoms with Crippen molar-refractivity contribution in [1.82, 2.24) is 10.3 Å². The monoisotopic (exact) mass is 328 g/mol. The van der Waals surface area contributed by atoms with Crippen LogP contribution in [0.5, 0.6) is 0 Å². The summed E-state index contributed by atoms with van der Waals surface area (Å²) in [7, 11) is 0. The molecule has 0 unspecified atom stereocenters. The standard InChI is InChI=1S/C17H16N2OS2/c20-16(12-5-6-13-14(10-12)22-11-18-13)19-17(7-1-2-8-17)15-4-3-9-21-15/h3-6,9-11H,1-2,7-8H2,(H,19,20). The topological polar surface area (TPSA) is 42.0 Å². The van der Waals surface area contributed by atoms with Gasteiger partial charge in [0.2, 0.25) is 0 Å². The van der Waals surface area contributed by atoms with Gasteiger partial charge in [-0.2, -0.15) is 0 Å². The maximum atomic E-state index is 12.7. The van der Waals surface area contributed by atoms with Gasteiger partial charge in [-0.3, -0.25) is 4.79 Å². The van der Waals surface area contributed by atoms with Crippen LogP contribution in [-0.2, 0) is 5.54 Å². The van der Waals surface area contributed by atoms with E-state index in [2.05, 4.69) is 27.8 Å². The molecule has 0 bridgehead atoms. The highest BCUT2D eigenvalue weighted by molar-refractivity contribution is 7.16. The number of thiophene rings is 1.